The van der Waals surface area contributed by atoms with Crippen LogP contribution in [0.15, 0.2) is 65.6 Å². The van der Waals surface area contributed by atoms with E-state index in [0.29, 0.717) is 4.91 Å². The molecule has 0 atom stereocenters. The average Bonchev–Trinajstić information content (AvgIpc) is 2.91. The average molecular weight is 366 g/mol. The molecule has 0 saturated carbocycles. The number of benzene rings is 2. The molecule has 3 amide bonds. The highest BCUT2D eigenvalue weighted by atomic mass is 32.2. The number of imide groups is 1. The molecule has 3 rings (SSSR count). The van der Waals surface area contributed by atoms with E-state index >= 15 is 0 Å². The SMILES string of the molecule is O=C(Cc1ccccc1)NCCN1C(=O)S/C(=C\c2ccccc2)C1=O. The van der Waals surface area contributed by atoms with Gasteiger partial charge in [0.15, 0.2) is 0 Å². The first-order valence-electron chi connectivity index (χ1n) is 8.24. The van der Waals surface area contributed by atoms with E-state index in [0.717, 1.165) is 22.9 Å². The third kappa shape index (κ3) is 4.61. The molecule has 0 radical (unpaired) electrons. The molecule has 0 spiro atoms. The molecular formula is C20H18N2O3S. The number of nitrogens with one attached hydrogen (secondary N) is 1. The second kappa shape index (κ2) is 8.49. The summed E-state index contributed by atoms with van der Waals surface area (Å²) < 4.78 is 0. The van der Waals surface area contributed by atoms with Crippen molar-refractivity contribution in [3.8, 4) is 0 Å². The summed E-state index contributed by atoms with van der Waals surface area (Å²) in [5.74, 6) is -0.454. The van der Waals surface area contributed by atoms with Gasteiger partial charge in [0, 0.05) is 13.1 Å². The van der Waals surface area contributed by atoms with Gasteiger partial charge in [0.2, 0.25) is 5.91 Å². The summed E-state index contributed by atoms with van der Waals surface area (Å²) in [5.41, 5.74) is 1.79. The molecule has 0 bridgehead atoms. The minimum absolute atomic E-state index is 0.136. The van der Waals surface area contributed by atoms with Crippen LogP contribution >= 0.6 is 11.8 Å². The molecule has 1 saturated heterocycles. The molecule has 0 aromatic heterocycles. The molecule has 5 nitrogen and oxygen atoms in total. The molecule has 1 N–H and O–H groups in total. The lowest BCUT2D eigenvalue weighted by atomic mass is 10.1. The van der Waals surface area contributed by atoms with Crippen molar-refractivity contribution < 1.29 is 14.4 Å². The normalized spacial score (nSPS) is 15.5. The van der Waals surface area contributed by atoms with Gasteiger partial charge in [-0.05, 0) is 29.0 Å². The van der Waals surface area contributed by atoms with E-state index < -0.39 is 0 Å². The van der Waals surface area contributed by atoms with Crippen LogP contribution in [0.5, 0.6) is 0 Å². The van der Waals surface area contributed by atoms with Gasteiger partial charge in [-0.15, -0.1) is 0 Å². The number of nitrogens with zero attached hydrogens (tertiary/aromatic N) is 1. The van der Waals surface area contributed by atoms with E-state index in [2.05, 4.69) is 5.32 Å². The first-order valence-corrected chi connectivity index (χ1v) is 9.06. The van der Waals surface area contributed by atoms with Gasteiger partial charge < -0.3 is 5.32 Å². The topological polar surface area (TPSA) is 66.5 Å². The fourth-order valence-electron chi connectivity index (χ4n) is 2.54. The lowest BCUT2D eigenvalue weighted by Gasteiger charge is -2.13. The summed E-state index contributed by atoms with van der Waals surface area (Å²) in [4.78, 5) is 38.0. The van der Waals surface area contributed by atoms with Gasteiger partial charge in [-0.3, -0.25) is 19.3 Å². The Hall–Kier alpha value is -2.86. The van der Waals surface area contributed by atoms with Gasteiger partial charge in [-0.25, -0.2) is 0 Å². The second-order valence-electron chi connectivity index (χ2n) is 5.76. The Morgan fingerprint density at radius 1 is 1.00 bits per heavy atom. The maximum absolute atomic E-state index is 12.4. The van der Waals surface area contributed by atoms with Crippen LogP contribution in [0.3, 0.4) is 0 Å². The van der Waals surface area contributed by atoms with Crippen LogP contribution in [0.1, 0.15) is 11.1 Å². The van der Waals surface area contributed by atoms with Crippen LogP contribution < -0.4 is 5.32 Å². The van der Waals surface area contributed by atoms with Crippen LogP contribution in [-0.2, 0) is 16.0 Å². The molecule has 2 aromatic rings. The van der Waals surface area contributed by atoms with Crippen molar-refractivity contribution in [2.24, 2.45) is 0 Å². The molecule has 6 heteroatoms. The van der Waals surface area contributed by atoms with Gasteiger partial charge >= 0.3 is 0 Å². The van der Waals surface area contributed by atoms with Crippen molar-refractivity contribution in [1.29, 1.82) is 0 Å². The van der Waals surface area contributed by atoms with E-state index in [1.165, 1.54) is 4.90 Å². The van der Waals surface area contributed by atoms with Crippen molar-refractivity contribution in [1.82, 2.24) is 10.2 Å². The number of thioether (sulfide) groups is 1. The van der Waals surface area contributed by atoms with E-state index in [1.54, 1.807) is 6.08 Å². The Labute approximate surface area is 156 Å². The van der Waals surface area contributed by atoms with Crippen molar-refractivity contribution in [3.63, 3.8) is 0 Å². The number of hydrogen-bond donors (Lipinski definition) is 1. The lowest BCUT2D eigenvalue weighted by Crippen LogP contribution is -2.37. The van der Waals surface area contributed by atoms with Crippen molar-refractivity contribution in [2.75, 3.05) is 13.1 Å². The Balaban J connectivity index is 1.52. The molecule has 1 aliphatic heterocycles. The van der Waals surface area contributed by atoms with Crippen molar-refractivity contribution >= 4 is 34.9 Å². The zero-order chi connectivity index (χ0) is 18.4. The zero-order valence-electron chi connectivity index (χ0n) is 14.1. The molecule has 132 valence electrons. The molecule has 26 heavy (non-hydrogen) atoms. The smallest absolute Gasteiger partial charge is 0.293 e. The molecule has 0 unspecified atom stereocenters. The first kappa shape index (κ1) is 17.9. The van der Waals surface area contributed by atoms with Crippen LogP contribution in [0.2, 0.25) is 0 Å². The number of carbonyl (C=O) groups excluding carboxylic acids is 3. The summed E-state index contributed by atoms with van der Waals surface area (Å²) in [7, 11) is 0. The quantitative estimate of drug-likeness (QED) is 0.798. The predicted octanol–water partition coefficient (Wildman–Crippen LogP) is 3.08. The number of amides is 3. The highest BCUT2D eigenvalue weighted by Crippen LogP contribution is 2.31. The molecule has 0 aliphatic carbocycles. The maximum Gasteiger partial charge on any atom is 0.293 e. The third-order valence-electron chi connectivity index (χ3n) is 3.84. The van der Waals surface area contributed by atoms with E-state index in [9.17, 15) is 14.4 Å². The predicted molar refractivity (Wildman–Crippen MR) is 102 cm³/mol. The molecule has 2 aromatic carbocycles. The standard InChI is InChI=1S/C20H18N2O3S/c23-18(14-16-9-5-2-6-10-16)21-11-12-22-19(24)17(26-20(22)25)13-15-7-3-1-4-8-15/h1-10,13H,11-12,14H2,(H,21,23)/b17-13-. The van der Waals surface area contributed by atoms with Crippen molar-refractivity contribution in [2.45, 2.75) is 6.42 Å². The summed E-state index contributed by atoms with van der Waals surface area (Å²) in [6.45, 7) is 0.402. The van der Waals surface area contributed by atoms with Gasteiger partial charge in [0.05, 0.1) is 11.3 Å². The Morgan fingerprint density at radius 2 is 1.65 bits per heavy atom. The number of rotatable bonds is 6. The highest BCUT2D eigenvalue weighted by molar-refractivity contribution is 8.18. The van der Waals surface area contributed by atoms with Crippen LogP contribution in [0.25, 0.3) is 6.08 Å². The van der Waals surface area contributed by atoms with Crippen molar-refractivity contribution in [3.05, 3.63) is 76.7 Å². The monoisotopic (exact) mass is 366 g/mol. The van der Waals surface area contributed by atoms with Crippen LogP contribution in [-0.4, -0.2) is 35.0 Å². The Kier molecular flexibility index (Phi) is 5.86. The summed E-state index contributed by atoms with van der Waals surface area (Å²) in [5, 5.41) is 2.44. The van der Waals surface area contributed by atoms with E-state index in [-0.39, 0.29) is 36.6 Å². The van der Waals surface area contributed by atoms with Crippen LogP contribution in [0.4, 0.5) is 4.79 Å². The van der Waals surface area contributed by atoms with E-state index in [1.807, 2.05) is 60.7 Å². The first-order chi connectivity index (χ1) is 12.6. The maximum atomic E-state index is 12.4. The Bertz CT molecular complexity index is 835. The summed E-state index contributed by atoms with van der Waals surface area (Å²) >= 11 is 0.924. The third-order valence-corrected chi connectivity index (χ3v) is 4.74. The highest BCUT2D eigenvalue weighted by Gasteiger charge is 2.34. The largest absolute Gasteiger partial charge is 0.354 e. The fourth-order valence-corrected chi connectivity index (χ4v) is 3.41. The van der Waals surface area contributed by atoms with E-state index in [4.69, 9.17) is 0 Å². The van der Waals surface area contributed by atoms with Gasteiger partial charge in [0.1, 0.15) is 0 Å². The minimum Gasteiger partial charge on any atom is -0.354 e. The molecule has 1 fully saturated rings. The Morgan fingerprint density at radius 3 is 2.35 bits per heavy atom. The lowest BCUT2D eigenvalue weighted by molar-refractivity contribution is -0.124. The molecular weight excluding hydrogens is 348 g/mol. The van der Waals surface area contributed by atoms with Gasteiger partial charge in [-0.1, -0.05) is 60.7 Å². The molecule has 1 aliphatic rings. The van der Waals surface area contributed by atoms with Crippen LogP contribution in [0, 0.1) is 0 Å². The van der Waals surface area contributed by atoms with Gasteiger partial charge in [-0.2, -0.15) is 0 Å². The fraction of sp³-hybridized carbons (Fsp3) is 0.150. The molecule has 1 heterocycles. The zero-order valence-corrected chi connectivity index (χ0v) is 14.9. The second-order valence-corrected chi connectivity index (χ2v) is 6.75. The summed E-state index contributed by atoms with van der Waals surface area (Å²) in [6.07, 6.45) is 1.98. The minimum atomic E-state index is -0.318. The summed E-state index contributed by atoms with van der Waals surface area (Å²) in [6, 6.07) is 18.8. The number of carbonyl (C=O) groups is 3. The number of hydrogen-bond acceptors (Lipinski definition) is 4. The van der Waals surface area contributed by atoms with Gasteiger partial charge in [0.25, 0.3) is 11.1 Å².